The third-order valence-electron chi connectivity index (χ3n) is 3.83. The average molecular weight is 386 g/mol. The lowest BCUT2D eigenvalue weighted by atomic mass is 10.2. The number of thiazole rings is 1. The molecule has 0 amide bonds. The van der Waals surface area contributed by atoms with E-state index in [0.29, 0.717) is 0 Å². The van der Waals surface area contributed by atoms with Crippen LogP contribution in [0.5, 0.6) is 5.88 Å². The van der Waals surface area contributed by atoms with E-state index in [1.54, 1.807) is 4.90 Å². The third-order valence-corrected chi connectivity index (χ3v) is 4.77. The Balaban J connectivity index is 1.91. The number of anilines is 1. The summed E-state index contributed by atoms with van der Waals surface area (Å²) in [7, 11) is 1.45. The minimum absolute atomic E-state index is 0.141. The number of rotatable bonds is 8. The maximum Gasteiger partial charge on any atom is 0.311 e. The summed E-state index contributed by atoms with van der Waals surface area (Å²) in [6.07, 6.45) is 0. The molecule has 0 saturated heterocycles. The highest BCUT2D eigenvalue weighted by Crippen LogP contribution is 2.30. The molecular formula is C18H18N4O4S. The highest BCUT2D eigenvalue weighted by molar-refractivity contribution is 7.13. The van der Waals surface area contributed by atoms with E-state index < -0.39 is 4.92 Å². The Morgan fingerprint density at radius 2 is 2.00 bits per heavy atom. The van der Waals surface area contributed by atoms with Gasteiger partial charge in [-0.25, -0.2) is 4.98 Å². The van der Waals surface area contributed by atoms with Crippen molar-refractivity contribution < 1.29 is 14.8 Å². The number of ether oxygens (including phenoxy) is 1. The minimum atomic E-state index is -0.497. The van der Waals surface area contributed by atoms with Crippen LogP contribution >= 0.6 is 11.3 Å². The first kappa shape index (κ1) is 18.7. The van der Waals surface area contributed by atoms with Crippen molar-refractivity contribution in [2.24, 2.45) is 0 Å². The molecule has 1 N–H and O–H groups in total. The maximum absolute atomic E-state index is 11.4. The van der Waals surface area contributed by atoms with E-state index in [-0.39, 0.29) is 37.1 Å². The van der Waals surface area contributed by atoms with Gasteiger partial charge >= 0.3 is 5.69 Å². The lowest BCUT2D eigenvalue weighted by Gasteiger charge is -2.21. The number of nitro groups is 1. The van der Waals surface area contributed by atoms with Crippen molar-refractivity contribution in [3.8, 4) is 16.5 Å². The van der Waals surface area contributed by atoms with Crippen molar-refractivity contribution in [2.75, 3.05) is 25.2 Å². The summed E-state index contributed by atoms with van der Waals surface area (Å²) < 4.78 is 5.09. The Kier molecular flexibility index (Phi) is 5.94. The quantitative estimate of drug-likeness (QED) is 0.469. The molecule has 0 aliphatic heterocycles. The number of benzene rings is 1. The Hall–Kier alpha value is -3.04. The number of aromatic nitrogens is 2. The van der Waals surface area contributed by atoms with Crippen LogP contribution in [-0.4, -0.2) is 40.3 Å². The molecule has 0 spiro atoms. The second-order valence-corrected chi connectivity index (χ2v) is 6.47. The molecule has 9 heteroatoms. The van der Waals surface area contributed by atoms with Crippen LogP contribution in [0.25, 0.3) is 10.6 Å². The van der Waals surface area contributed by atoms with Crippen LogP contribution in [0.2, 0.25) is 0 Å². The number of nitrogens with zero attached hydrogens (tertiary/aromatic N) is 4. The molecule has 3 aromatic rings. The van der Waals surface area contributed by atoms with Crippen molar-refractivity contribution in [3.63, 3.8) is 0 Å². The van der Waals surface area contributed by atoms with Crippen molar-refractivity contribution in [3.05, 3.63) is 63.7 Å². The lowest BCUT2D eigenvalue weighted by molar-refractivity contribution is -0.384. The van der Waals surface area contributed by atoms with Crippen molar-refractivity contribution >= 4 is 22.8 Å². The fourth-order valence-corrected chi connectivity index (χ4v) is 3.40. The van der Waals surface area contributed by atoms with E-state index in [1.165, 1.54) is 30.6 Å². The molecule has 140 valence electrons. The monoisotopic (exact) mass is 386 g/mol. The van der Waals surface area contributed by atoms with E-state index in [9.17, 15) is 15.2 Å². The van der Waals surface area contributed by atoms with Crippen LogP contribution in [0, 0.1) is 10.1 Å². The van der Waals surface area contributed by atoms with Crippen LogP contribution in [0.1, 0.15) is 5.69 Å². The molecule has 1 aromatic carbocycles. The second kappa shape index (κ2) is 8.56. The number of pyridine rings is 1. The van der Waals surface area contributed by atoms with E-state index in [4.69, 9.17) is 4.74 Å². The van der Waals surface area contributed by atoms with Gasteiger partial charge in [-0.15, -0.1) is 11.3 Å². The zero-order valence-electron chi connectivity index (χ0n) is 14.6. The molecule has 0 bridgehead atoms. The van der Waals surface area contributed by atoms with Gasteiger partial charge in [0.1, 0.15) is 5.01 Å². The molecule has 3 rings (SSSR count). The van der Waals surface area contributed by atoms with Crippen LogP contribution in [0.4, 0.5) is 11.5 Å². The van der Waals surface area contributed by atoms with Gasteiger partial charge in [0.25, 0.3) is 0 Å². The minimum Gasteiger partial charge on any atom is -0.481 e. The predicted molar refractivity (Wildman–Crippen MR) is 103 cm³/mol. The number of methoxy groups -OCH3 is 1. The van der Waals surface area contributed by atoms with Crippen LogP contribution < -0.4 is 9.64 Å². The first-order chi connectivity index (χ1) is 13.1. The first-order valence-electron chi connectivity index (χ1n) is 8.17. The van der Waals surface area contributed by atoms with E-state index in [2.05, 4.69) is 9.97 Å². The fraction of sp³-hybridized carbons (Fsp3) is 0.222. The van der Waals surface area contributed by atoms with Gasteiger partial charge < -0.3 is 14.7 Å². The SMILES string of the molecule is COc1ccc([N+](=O)[O-])c(N(CCO)Cc2csc(-c3ccccc3)n2)n1. The van der Waals surface area contributed by atoms with Gasteiger partial charge in [-0.05, 0) is 0 Å². The van der Waals surface area contributed by atoms with Crippen LogP contribution in [0.15, 0.2) is 47.8 Å². The Labute approximate surface area is 159 Å². The molecule has 2 aromatic heterocycles. The smallest absolute Gasteiger partial charge is 0.311 e. The summed E-state index contributed by atoms with van der Waals surface area (Å²) in [6, 6.07) is 12.6. The topological polar surface area (TPSA) is 102 Å². The van der Waals surface area contributed by atoms with Crippen molar-refractivity contribution in [1.82, 2.24) is 9.97 Å². The predicted octanol–water partition coefficient (Wildman–Crippen LogP) is 3.12. The molecule has 0 saturated carbocycles. The summed E-state index contributed by atoms with van der Waals surface area (Å²) in [5, 5.41) is 23.6. The molecule has 2 heterocycles. The second-order valence-electron chi connectivity index (χ2n) is 5.61. The molecule has 0 unspecified atom stereocenters. The van der Waals surface area contributed by atoms with Gasteiger partial charge in [0.05, 0.1) is 30.9 Å². The number of aliphatic hydroxyl groups is 1. The molecule has 0 radical (unpaired) electrons. The molecule has 8 nitrogen and oxygen atoms in total. The van der Waals surface area contributed by atoms with Crippen LogP contribution in [-0.2, 0) is 6.54 Å². The number of hydrogen-bond acceptors (Lipinski definition) is 8. The first-order valence-corrected chi connectivity index (χ1v) is 9.05. The standard InChI is InChI=1S/C18H18N4O4S/c1-26-16-8-7-15(22(24)25)17(20-16)21(9-10-23)11-14-12-27-18(19-14)13-5-3-2-4-6-13/h2-8,12,23H,9-11H2,1H3. The van der Waals surface area contributed by atoms with Crippen molar-refractivity contribution in [2.45, 2.75) is 6.54 Å². The average Bonchev–Trinajstić information content (AvgIpc) is 3.16. The summed E-state index contributed by atoms with van der Waals surface area (Å²) >= 11 is 1.50. The van der Waals surface area contributed by atoms with E-state index in [1.807, 2.05) is 35.7 Å². The van der Waals surface area contributed by atoms with Gasteiger partial charge in [-0.2, -0.15) is 4.98 Å². The molecule has 0 aliphatic rings. The number of hydrogen-bond donors (Lipinski definition) is 1. The zero-order valence-corrected chi connectivity index (χ0v) is 15.4. The van der Waals surface area contributed by atoms with Gasteiger partial charge in [-0.3, -0.25) is 10.1 Å². The van der Waals surface area contributed by atoms with Gasteiger partial charge in [-0.1, -0.05) is 30.3 Å². The normalized spacial score (nSPS) is 10.6. The Bertz CT molecular complexity index is 917. The Morgan fingerprint density at radius 1 is 1.22 bits per heavy atom. The molecule has 0 aliphatic carbocycles. The molecule has 0 fully saturated rings. The Morgan fingerprint density at radius 3 is 2.67 bits per heavy atom. The van der Waals surface area contributed by atoms with Gasteiger partial charge in [0, 0.05) is 29.6 Å². The van der Waals surface area contributed by atoms with Gasteiger partial charge in [0.2, 0.25) is 11.7 Å². The lowest BCUT2D eigenvalue weighted by Crippen LogP contribution is -2.28. The van der Waals surface area contributed by atoms with Gasteiger partial charge in [0.15, 0.2) is 0 Å². The zero-order chi connectivity index (χ0) is 19.2. The highest BCUT2D eigenvalue weighted by Gasteiger charge is 2.23. The summed E-state index contributed by atoms with van der Waals surface area (Å²) in [5.41, 5.74) is 1.60. The maximum atomic E-state index is 11.4. The van der Waals surface area contributed by atoms with Crippen LogP contribution in [0.3, 0.4) is 0 Å². The highest BCUT2D eigenvalue weighted by atomic mass is 32.1. The number of aliphatic hydroxyl groups excluding tert-OH is 1. The molecular weight excluding hydrogens is 368 g/mol. The summed E-state index contributed by atoms with van der Waals surface area (Å²) in [6.45, 7) is 0.288. The van der Waals surface area contributed by atoms with E-state index in [0.717, 1.165) is 16.3 Å². The van der Waals surface area contributed by atoms with E-state index >= 15 is 0 Å². The van der Waals surface area contributed by atoms with Crippen molar-refractivity contribution in [1.29, 1.82) is 0 Å². The third kappa shape index (κ3) is 4.39. The summed E-state index contributed by atoms with van der Waals surface area (Å²) in [5.74, 6) is 0.407. The molecule has 27 heavy (non-hydrogen) atoms. The molecule has 0 atom stereocenters. The largest absolute Gasteiger partial charge is 0.481 e. The fourth-order valence-electron chi connectivity index (χ4n) is 2.58. The summed E-state index contributed by atoms with van der Waals surface area (Å²) in [4.78, 5) is 21.4.